The molecule has 16 heavy (non-hydrogen) atoms. The standard InChI is InChI=1S/C11H17N3O2/c1-7(12-2)10-13-9-4-5-16-6-8(9)11(14-10)15-3/h7,12H,4-6H2,1-3H3. The van der Waals surface area contributed by atoms with Crippen molar-refractivity contribution < 1.29 is 9.47 Å². The van der Waals surface area contributed by atoms with Gasteiger partial charge in [0.05, 0.1) is 37.6 Å². The Morgan fingerprint density at radius 3 is 2.94 bits per heavy atom. The molecule has 1 aromatic heterocycles. The molecule has 0 aromatic carbocycles. The molecule has 1 unspecified atom stereocenters. The van der Waals surface area contributed by atoms with Crippen molar-refractivity contribution in [3.05, 3.63) is 17.1 Å². The van der Waals surface area contributed by atoms with Crippen LogP contribution in [0.15, 0.2) is 0 Å². The second-order valence-electron chi connectivity index (χ2n) is 3.83. The van der Waals surface area contributed by atoms with Crippen molar-refractivity contribution in [2.45, 2.75) is 26.0 Å². The van der Waals surface area contributed by atoms with Gasteiger partial charge in [0.2, 0.25) is 5.88 Å². The largest absolute Gasteiger partial charge is 0.481 e. The van der Waals surface area contributed by atoms with Crippen molar-refractivity contribution in [3.63, 3.8) is 0 Å². The molecular weight excluding hydrogens is 206 g/mol. The summed E-state index contributed by atoms with van der Waals surface area (Å²) in [5.74, 6) is 1.42. The summed E-state index contributed by atoms with van der Waals surface area (Å²) < 4.78 is 10.7. The van der Waals surface area contributed by atoms with Gasteiger partial charge in [-0.2, -0.15) is 4.98 Å². The van der Waals surface area contributed by atoms with Crippen molar-refractivity contribution in [2.75, 3.05) is 20.8 Å². The third-order valence-corrected chi connectivity index (χ3v) is 2.82. The van der Waals surface area contributed by atoms with E-state index in [-0.39, 0.29) is 6.04 Å². The van der Waals surface area contributed by atoms with Crippen molar-refractivity contribution in [3.8, 4) is 5.88 Å². The van der Waals surface area contributed by atoms with Gasteiger partial charge in [0.15, 0.2) is 0 Å². The Kier molecular flexibility index (Phi) is 3.36. The molecule has 0 saturated carbocycles. The molecule has 1 N–H and O–H groups in total. The monoisotopic (exact) mass is 223 g/mol. The van der Waals surface area contributed by atoms with Crippen LogP contribution in [0.1, 0.15) is 30.0 Å². The van der Waals surface area contributed by atoms with Crippen LogP contribution in [-0.2, 0) is 17.8 Å². The van der Waals surface area contributed by atoms with E-state index in [1.54, 1.807) is 7.11 Å². The van der Waals surface area contributed by atoms with Crippen molar-refractivity contribution in [2.24, 2.45) is 0 Å². The van der Waals surface area contributed by atoms with E-state index in [0.717, 1.165) is 30.1 Å². The van der Waals surface area contributed by atoms with Gasteiger partial charge in [0.25, 0.3) is 0 Å². The van der Waals surface area contributed by atoms with Gasteiger partial charge in [-0.05, 0) is 14.0 Å². The molecule has 1 aliphatic rings. The quantitative estimate of drug-likeness (QED) is 0.823. The van der Waals surface area contributed by atoms with Gasteiger partial charge in [-0.3, -0.25) is 0 Å². The SMILES string of the molecule is CNC(C)c1nc2c(c(OC)n1)COCC2. The van der Waals surface area contributed by atoms with Crippen molar-refractivity contribution >= 4 is 0 Å². The lowest BCUT2D eigenvalue weighted by Crippen LogP contribution is -2.21. The summed E-state index contributed by atoms with van der Waals surface area (Å²) >= 11 is 0. The summed E-state index contributed by atoms with van der Waals surface area (Å²) in [6, 6.07) is 0.127. The maximum atomic E-state index is 5.39. The summed E-state index contributed by atoms with van der Waals surface area (Å²) in [5, 5.41) is 3.13. The van der Waals surface area contributed by atoms with Gasteiger partial charge >= 0.3 is 0 Å². The molecular formula is C11H17N3O2. The van der Waals surface area contributed by atoms with Crippen LogP contribution in [-0.4, -0.2) is 30.7 Å². The van der Waals surface area contributed by atoms with Crippen molar-refractivity contribution in [1.82, 2.24) is 15.3 Å². The van der Waals surface area contributed by atoms with Crippen LogP contribution >= 0.6 is 0 Å². The number of hydrogen-bond donors (Lipinski definition) is 1. The zero-order valence-electron chi connectivity index (χ0n) is 9.91. The van der Waals surface area contributed by atoms with E-state index in [4.69, 9.17) is 9.47 Å². The van der Waals surface area contributed by atoms with Crippen LogP contribution in [0.4, 0.5) is 0 Å². The van der Waals surface area contributed by atoms with Gasteiger partial charge in [-0.15, -0.1) is 0 Å². The number of nitrogens with zero attached hydrogens (tertiary/aromatic N) is 2. The lowest BCUT2D eigenvalue weighted by Gasteiger charge is -2.20. The zero-order valence-corrected chi connectivity index (χ0v) is 9.91. The second kappa shape index (κ2) is 4.76. The van der Waals surface area contributed by atoms with E-state index < -0.39 is 0 Å². The molecule has 0 amide bonds. The first-order valence-electron chi connectivity index (χ1n) is 5.45. The zero-order chi connectivity index (χ0) is 11.5. The van der Waals surface area contributed by atoms with E-state index in [0.29, 0.717) is 12.5 Å². The van der Waals surface area contributed by atoms with E-state index in [1.165, 1.54) is 0 Å². The maximum absolute atomic E-state index is 5.39. The number of methoxy groups -OCH3 is 1. The molecule has 0 bridgehead atoms. The van der Waals surface area contributed by atoms with Gasteiger partial charge in [-0.25, -0.2) is 4.98 Å². The van der Waals surface area contributed by atoms with Crippen LogP contribution < -0.4 is 10.1 Å². The van der Waals surface area contributed by atoms with Gasteiger partial charge < -0.3 is 14.8 Å². The number of aromatic nitrogens is 2. The van der Waals surface area contributed by atoms with Crippen LogP contribution in [0.25, 0.3) is 0 Å². The summed E-state index contributed by atoms with van der Waals surface area (Å²) in [5.41, 5.74) is 2.04. The fraction of sp³-hybridized carbons (Fsp3) is 0.636. The first-order valence-corrected chi connectivity index (χ1v) is 5.45. The summed E-state index contributed by atoms with van der Waals surface area (Å²) in [4.78, 5) is 8.96. The molecule has 88 valence electrons. The molecule has 0 saturated heterocycles. The predicted molar refractivity (Wildman–Crippen MR) is 59.4 cm³/mol. The van der Waals surface area contributed by atoms with Crippen LogP contribution in [0.2, 0.25) is 0 Å². The molecule has 1 atom stereocenters. The highest BCUT2D eigenvalue weighted by Crippen LogP contribution is 2.25. The average molecular weight is 223 g/mol. The highest BCUT2D eigenvalue weighted by molar-refractivity contribution is 5.32. The molecule has 0 aliphatic carbocycles. The fourth-order valence-electron chi connectivity index (χ4n) is 1.71. The summed E-state index contributed by atoms with van der Waals surface area (Å²) in [6.45, 7) is 3.30. The van der Waals surface area contributed by atoms with E-state index in [9.17, 15) is 0 Å². The lowest BCUT2D eigenvalue weighted by molar-refractivity contribution is 0.105. The van der Waals surface area contributed by atoms with Crippen LogP contribution in [0, 0.1) is 0 Å². The third-order valence-electron chi connectivity index (χ3n) is 2.82. The molecule has 5 nitrogen and oxygen atoms in total. The lowest BCUT2D eigenvalue weighted by atomic mass is 10.1. The molecule has 1 aliphatic heterocycles. The number of fused-ring (bicyclic) bond motifs is 1. The minimum absolute atomic E-state index is 0.127. The Morgan fingerprint density at radius 2 is 2.25 bits per heavy atom. The third kappa shape index (κ3) is 2.01. The van der Waals surface area contributed by atoms with Gasteiger partial charge in [0, 0.05) is 6.42 Å². The first kappa shape index (κ1) is 11.3. The van der Waals surface area contributed by atoms with E-state index >= 15 is 0 Å². The number of hydrogen-bond acceptors (Lipinski definition) is 5. The Labute approximate surface area is 95.2 Å². The normalized spacial score (nSPS) is 16.7. The topological polar surface area (TPSA) is 56.3 Å². The smallest absolute Gasteiger partial charge is 0.222 e. The Balaban J connectivity index is 2.43. The Bertz CT molecular complexity index is 364. The van der Waals surface area contributed by atoms with E-state index in [1.807, 2.05) is 14.0 Å². The molecule has 0 spiro atoms. The highest BCUT2D eigenvalue weighted by atomic mass is 16.5. The van der Waals surface area contributed by atoms with Gasteiger partial charge in [-0.1, -0.05) is 0 Å². The minimum Gasteiger partial charge on any atom is -0.481 e. The fourth-order valence-corrected chi connectivity index (χ4v) is 1.71. The number of ether oxygens (including phenoxy) is 2. The number of rotatable bonds is 3. The summed E-state index contributed by atoms with van der Waals surface area (Å²) in [6.07, 6.45) is 0.831. The van der Waals surface area contributed by atoms with E-state index in [2.05, 4.69) is 15.3 Å². The molecule has 1 aromatic rings. The molecule has 0 fully saturated rings. The highest BCUT2D eigenvalue weighted by Gasteiger charge is 2.20. The molecule has 5 heteroatoms. The van der Waals surface area contributed by atoms with Gasteiger partial charge in [0.1, 0.15) is 5.82 Å². The number of nitrogens with one attached hydrogen (secondary N) is 1. The molecule has 0 radical (unpaired) electrons. The second-order valence-corrected chi connectivity index (χ2v) is 3.83. The molecule has 2 heterocycles. The first-order chi connectivity index (χ1) is 7.76. The minimum atomic E-state index is 0.127. The van der Waals surface area contributed by atoms with Crippen LogP contribution in [0.3, 0.4) is 0 Å². The Hall–Kier alpha value is -1.20. The average Bonchev–Trinajstić information content (AvgIpc) is 2.36. The van der Waals surface area contributed by atoms with Crippen LogP contribution in [0.5, 0.6) is 5.88 Å². The maximum Gasteiger partial charge on any atom is 0.222 e. The Morgan fingerprint density at radius 1 is 1.44 bits per heavy atom. The van der Waals surface area contributed by atoms with Crippen molar-refractivity contribution in [1.29, 1.82) is 0 Å². The molecule has 2 rings (SSSR count). The summed E-state index contributed by atoms with van der Waals surface area (Å²) in [7, 11) is 3.52. The predicted octanol–water partition coefficient (Wildman–Crippen LogP) is 0.838.